The average Bonchev–Trinajstić information content (AvgIpc) is 3.40. The highest BCUT2D eigenvalue weighted by Gasteiger charge is 2.36. The molecule has 10 heteroatoms. The number of thioether (sulfide) groups is 1. The number of hydrogen-bond acceptors (Lipinski definition) is 8. The summed E-state index contributed by atoms with van der Waals surface area (Å²) in [6.07, 6.45) is 0.717. The van der Waals surface area contributed by atoms with Gasteiger partial charge in [0, 0.05) is 16.5 Å². The Hall–Kier alpha value is -3.95. The molecular formula is C32H33ClN4O4S. The van der Waals surface area contributed by atoms with E-state index < -0.39 is 12.0 Å². The summed E-state index contributed by atoms with van der Waals surface area (Å²) in [4.78, 5) is 18.1. The van der Waals surface area contributed by atoms with Crippen LogP contribution in [-0.4, -0.2) is 34.5 Å². The average molecular weight is 605 g/mol. The SMILES string of the molecule is CCCOC(=O)C1=C(C)Nc2nc(SCc3ccccc3Cl)nn2C1c1ccc(OCc2ccccc2C)c(OC)c1. The van der Waals surface area contributed by atoms with Gasteiger partial charge in [-0.15, -0.1) is 5.10 Å². The molecule has 8 nitrogen and oxygen atoms in total. The van der Waals surface area contributed by atoms with Gasteiger partial charge >= 0.3 is 5.97 Å². The standard InChI is InChI=1S/C32H33ClN4O4S/c1-5-16-40-30(38)28-21(3)34-31-35-32(42-19-24-12-8-9-13-25(24)33)36-37(31)29(28)22-14-15-26(27(17-22)39-4)41-18-23-11-7-6-10-20(23)2/h6-15,17,29H,5,16,18-19H2,1-4H3,(H,34,35,36). The number of fused-ring (bicyclic) bond motifs is 1. The maximum atomic E-state index is 13.4. The first-order chi connectivity index (χ1) is 20.4. The van der Waals surface area contributed by atoms with Gasteiger partial charge in [-0.05, 0) is 60.7 Å². The second-order valence-electron chi connectivity index (χ2n) is 9.87. The van der Waals surface area contributed by atoms with Gasteiger partial charge in [0.15, 0.2) is 11.5 Å². The lowest BCUT2D eigenvalue weighted by atomic mass is 9.95. The highest BCUT2D eigenvalue weighted by molar-refractivity contribution is 7.98. The van der Waals surface area contributed by atoms with Gasteiger partial charge in [0.2, 0.25) is 11.1 Å². The minimum atomic E-state index is -0.591. The third-order valence-electron chi connectivity index (χ3n) is 6.95. The molecule has 0 amide bonds. The highest BCUT2D eigenvalue weighted by atomic mass is 35.5. The Kier molecular flexibility index (Phi) is 9.39. The summed E-state index contributed by atoms with van der Waals surface area (Å²) >= 11 is 7.84. The van der Waals surface area contributed by atoms with Crippen molar-refractivity contribution < 1.29 is 19.0 Å². The molecule has 0 aliphatic carbocycles. The second-order valence-corrected chi connectivity index (χ2v) is 11.2. The summed E-state index contributed by atoms with van der Waals surface area (Å²) in [6, 6.07) is 20.9. The van der Waals surface area contributed by atoms with Crippen LogP contribution in [0.4, 0.5) is 5.95 Å². The van der Waals surface area contributed by atoms with E-state index in [1.54, 1.807) is 11.8 Å². The number of aromatic nitrogens is 3. The Morgan fingerprint density at radius 1 is 1.05 bits per heavy atom. The minimum Gasteiger partial charge on any atom is -0.493 e. The van der Waals surface area contributed by atoms with E-state index in [1.807, 2.05) is 74.5 Å². The Morgan fingerprint density at radius 2 is 1.81 bits per heavy atom. The molecule has 5 rings (SSSR count). The number of benzene rings is 3. The van der Waals surface area contributed by atoms with Crippen molar-refractivity contribution in [3.8, 4) is 11.5 Å². The zero-order chi connectivity index (χ0) is 29.6. The molecule has 1 aliphatic rings. The lowest BCUT2D eigenvalue weighted by Gasteiger charge is -2.28. The third-order valence-corrected chi connectivity index (χ3v) is 8.21. The first-order valence-corrected chi connectivity index (χ1v) is 15.1. The van der Waals surface area contributed by atoms with Gasteiger partial charge in [-0.1, -0.05) is 78.8 Å². The van der Waals surface area contributed by atoms with Gasteiger partial charge in [-0.3, -0.25) is 0 Å². The van der Waals surface area contributed by atoms with Gasteiger partial charge in [-0.25, -0.2) is 9.48 Å². The van der Waals surface area contributed by atoms with Crippen LogP contribution in [0.3, 0.4) is 0 Å². The fourth-order valence-electron chi connectivity index (χ4n) is 4.70. The number of ether oxygens (including phenoxy) is 3. The second kappa shape index (κ2) is 13.4. The van der Waals surface area contributed by atoms with Crippen molar-refractivity contribution in [3.63, 3.8) is 0 Å². The molecule has 0 saturated heterocycles. The molecule has 0 spiro atoms. The van der Waals surface area contributed by atoms with Crippen LogP contribution in [0, 0.1) is 6.92 Å². The van der Waals surface area contributed by atoms with Gasteiger partial charge in [-0.2, -0.15) is 4.98 Å². The topological polar surface area (TPSA) is 87.5 Å². The van der Waals surface area contributed by atoms with Crippen LogP contribution in [0.1, 0.15) is 48.6 Å². The Morgan fingerprint density at radius 3 is 2.55 bits per heavy atom. The lowest BCUT2D eigenvalue weighted by Crippen LogP contribution is -2.29. The van der Waals surface area contributed by atoms with E-state index >= 15 is 0 Å². The third kappa shape index (κ3) is 6.42. The monoisotopic (exact) mass is 604 g/mol. The number of aryl methyl sites for hydroxylation is 1. The number of allylic oxidation sites excluding steroid dienone is 1. The maximum absolute atomic E-state index is 13.4. The summed E-state index contributed by atoms with van der Waals surface area (Å²) in [5, 5.41) is 9.32. The summed E-state index contributed by atoms with van der Waals surface area (Å²) in [7, 11) is 1.60. The largest absolute Gasteiger partial charge is 0.493 e. The van der Waals surface area contributed by atoms with Gasteiger partial charge in [0.1, 0.15) is 12.6 Å². The summed E-state index contributed by atoms with van der Waals surface area (Å²) in [5.74, 6) is 1.88. The van der Waals surface area contributed by atoms with Crippen LogP contribution >= 0.6 is 23.4 Å². The number of anilines is 1. The van der Waals surface area contributed by atoms with Crippen molar-refractivity contribution in [2.45, 2.75) is 50.8 Å². The van der Waals surface area contributed by atoms with Crippen LogP contribution in [0.2, 0.25) is 5.02 Å². The normalized spacial score (nSPS) is 14.3. The molecule has 4 aromatic rings. The van der Waals surface area contributed by atoms with Gasteiger partial charge in [0.05, 0.1) is 19.3 Å². The number of carbonyl (C=O) groups excluding carboxylic acids is 1. The number of esters is 1. The minimum absolute atomic E-state index is 0.320. The van der Waals surface area contributed by atoms with E-state index in [-0.39, 0.29) is 0 Å². The molecule has 1 aliphatic heterocycles. The molecule has 1 unspecified atom stereocenters. The predicted octanol–water partition coefficient (Wildman–Crippen LogP) is 7.36. The molecule has 0 bridgehead atoms. The number of carbonyl (C=O) groups is 1. The Labute approximate surface area is 255 Å². The van der Waals surface area contributed by atoms with Crippen molar-refractivity contribution >= 4 is 35.3 Å². The molecule has 0 radical (unpaired) electrons. The van der Waals surface area contributed by atoms with Crippen LogP contribution < -0.4 is 14.8 Å². The maximum Gasteiger partial charge on any atom is 0.338 e. The number of nitrogens with one attached hydrogen (secondary N) is 1. The Bertz CT molecular complexity index is 1620. The lowest BCUT2D eigenvalue weighted by molar-refractivity contribution is -0.139. The summed E-state index contributed by atoms with van der Waals surface area (Å²) < 4.78 is 19.2. The van der Waals surface area contributed by atoms with Crippen LogP contribution in [-0.2, 0) is 21.9 Å². The molecular weight excluding hydrogens is 572 g/mol. The van der Waals surface area contributed by atoms with Crippen molar-refractivity contribution in [2.24, 2.45) is 0 Å². The summed E-state index contributed by atoms with van der Waals surface area (Å²) in [5.41, 5.74) is 5.14. The molecule has 1 atom stereocenters. The first-order valence-electron chi connectivity index (χ1n) is 13.7. The zero-order valence-electron chi connectivity index (χ0n) is 24.0. The molecule has 3 aromatic carbocycles. The smallest absolute Gasteiger partial charge is 0.338 e. The number of hydrogen-bond donors (Lipinski definition) is 1. The first kappa shape index (κ1) is 29.5. The molecule has 0 fully saturated rings. The molecule has 2 heterocycles. The van der Waals surface area contributed by atoms with E-state index in [1.165, 1.54) is 11.8 Å². The highest BCUT2D eigenvalue weighted by Crippen LogP contribution is 2.40. The zero-order valence-corrected chi connectivity index (χ0v) is 25.6. The molecule has 1 aromatic heterocycles. The number of methoxy groups -OCH3 is 1. The van der Waals surface area contributed by atoms with Crippen molar-refractivity contribution in [1.29, 1.82) is 0 Å². The van der Waals surface area contributed by atoms with Crippen molar-refractivity contribution in [2.75, 3.05) is 19.0 Å². The van der Waals surface area contributed by atoms with Crippen LogP contribution in [0.25, 0.3) is 0 Å². The fourth-order valence-corrected chi connectivity index (χ4v) is 5.81. The Balaban J connectivity index is 1.48. The van der Waals surface area contributed by atoms with Crippen molar-refractivity contribution in [1.82, 2.24) is 14.8 Å². The number of rotatable bonds is 11. The molecule has 42 heavy (non-hydrogen) atoms. The van der Waals surface area contributed by atoms with Crippen LogP contribution in [0.5, 0.6) is 11.5 Å². The van der Waals surface area contributed by atoms with Crippen LogP contribution in [0.15, 0.2) is 83.2 Å². The van der Waals surface area contributed by atoms with E-state index in [0.717, 1.165) is 22.3 Å². The van der Waals surface area contributed by atoms with Gasteiger partial charge < -0.3 is 19.5 Å². The van der Waals surface area contributed by atoms with E-state index in [2.05, 4.69) is 18.3 Å². The van der Waals surface area contributed by atoms with E-state index in [9.17, 15) is 4.79 Å². The quantitative estimate of drug-likeness (QED) is 0.140. The number of halogens is 1. The van der Waals surface area contributed by atoms with Gasteiger partial charge in [0.25, 0.3) is 0 Å². The van der Waals surface area contributed by atoms with E-state index in [0.29, 0.717) is 64.3 Å². The fraction of sp³-hybridized carbons (Fsp3) is 0.281. The number of nitrogens with zero attached hydrogens (tertiary/aromatic N) is 3. The molecule has 1 N–H and O–H groups in total. The van der Waals surface area contributed by atoms with E-state index in [4.69, 9.17) is 35.9 Å². The predicted molar refractivity (Wildman–Crippen MR) is 165 cm³/mol. The van der Waals surface area contributed by atoms with Crippen molar-refractivity contribution in [3.05, 3.63) is 105 Å². The molecule has 0 saturated carbocycles. The molecule has 218 valence electrons. The summed E-state index contributed by atoms with van der Waals surface area (Å²) in [6.45, 7) is 6.59.